The summed E-state index contributed by atoms with van der Waals surface area (Å²) in [6.07, 6.45) is -3.01. The van der Waals surface area contributed by atoms with Crippen molar-refractivity contribution in [3.63, 3.8) is 0 Å². The number of pyridine rings is 1. The summed E-state index contributed by atoms with van der Waals surface area (Å²) >= 11 is 0. The highest BCUT2D eigenvalue weighted by Gasteiger charge is 2.28. The van der Waals surface area contributed by atoms with Gasteiger partial charge >= 0.3 is 6.18 Å². The molecule has 0 radical (unpaired) electrons. The highest BCUT2D eigenvalue weighted by Crippen LogP contribution is 2.18. The van der Waals surface area contributed by atoms with Crippen molar-refractivity contribution in [1.82, 2.24) is 15.6 Å². The summed E-state index contributed by atoms with van der Waals surface area (Å²) in [4.78, 5) is 8.27. The van der Waals surface area contributed by atoms with Crippen molar-refractivity contribution in [3.8, 4) is 11.6 Å². The van der Waals surface area contributed by atoms with Gasteiger partial charge in [0, 0.05) is 30.9 Å². The molecule has 1 heterocycles. The highest BCUT2D eigenvalue weighted by molar-refractivity contribution is 5.79. The molecule has 29 heavy (non-hydrogen) atoms. The van der Waals surface area contributed by atoms with Gasteiger partial charge in [0.15, 0.2) is 12.6 Å². The van der Waals surface area contributed by atoms with E-state index in [9.17, 15) is 13.2 Å². The molecule has 0 unspecified atom stereocenters. The Hall–Kier alpha value is -2.97. The highest BCUT2D eigenvalue weighted by atomic mass is 19.4. The average Bonchev–Trinajstić information content (AvgIpc) is 2.69. The molecular formula is C20H25F3N4O2. The number of nitrogens with zero attached hydrogens (tertiary/aromatic N) is 2. The maximum absolute atomic E-state index is 12.3. The van der Waals surface area contributed by atoms with Gasteiger partial charge in [0.05, 0.1) is 13.2 Å². The minimum Gasteiger partial charge on any atom is -0.494 e. The second-order valence-electron chi connectivity index (χ2n) is 6.00. The van der Waals surface area contributed by atoms with Crippen LogP contribution in [0.4, 0.5) is 13.2 Å². The SMILES string of the molecule is CCNC(=NCc1ccnc(OCC(F)(F)F)c1)NCc1ccccc1OCC. The van der Waals surface area contributed by atoms with Gasteiger partial charge in [0.25, 0.3) is 0 Å². The van der Waals surface area contributed by atoms with E-state index in [0.29, 0.717) is 31.2 Å². The smallest absolute Gasteiger partial charge is 0.422 e. The molecule has 0 aliphatic heterocycles. The lowest BCUT2D eigenvalue weighted by Crippen LogP contribution is -2.36. The zero-order valence-electron chi connectivity index (χ0n) is 16.4. The van der Waals surface area contributed by atoms with Gasteiger partial charge in [0.2, 0.25) is 5.88 Å². The Morgan fingerprint density at radius 3 is 2.62 bits per heavy atom. The van der Waals surface area contributed by atoms with E-state index >= 15 is 0 Å². The number of guanidine groups is 1. The minimum atomic E-state index is -4.41. The Morgan fingerprint density at radius 2 is 1.90 bits per heavy atom. The quantitative estimate of drug-likeness (QED) is 0.488. The molecule has 6 nitrogen and oxygen atoms in total. The van der Waals surface area contributed by atoms with E-state index in [1.165, 1.54) is 12.3 Å². The van der Waals surface area contributed by atoms with Crippen LogP contribution < -0.4 is 20.1 Å². The fourth-order valence-corrected chi connectivity index (χ4v) is 2.42. The monoisotopic (exact) mass is 410 g/mol. The van der Waals surface area contributed by atoms with Crippen LogP contribution in [0.2, 0.25) is 0 Å². The first-order valence-corrected chi connectivity index (χ1v) is 9.28. The number of alkyl halides is 3. The Morgan fingerprint density at radius 1 is 1.10 bits per heavy atom. The summed E-state index contributed by atoms with van der Waals surface area (Å²) in [6.45, 7) is 4.50. The largest absolute Gasteiger partial charge is 0.494 e. The van der Waals surface area contributed by atoms with Crippen LogP contribution in [0.3, 0.4) is 0 Å². The standard InChI is InChI=1S/C20H25F3N4O2/c1-3-24-19(27-13-16-7-5-6-8-17(16)28-4-2)26-12-15-9-10-25-18(11-15)29-14-20(21,22)23/h5-11H,3-4,12-14H2,1-2H3,(H2,24,26,27). The maximum Gasteiger partial charge on any atom is 0.422 e. The van der Waals surface area contributed by atoms with Gasteiger partial charge in [-0.1, -0.05) is 18.2 Å². The second kappa shape index (κ2) is 11.1. The molecule has 158 valence electrons. The number of aromatic nitrogens is 1. The van der Waals surface area contributed by atoms with Gasteiger partial charge in [-0.2, -0.15) is 13.2 Å². The zero-order valence-corrected chi connectivity index (χ0v) is 16.4. The third-order valence-electron chi connectivity index (χ3n) is 3.67. The van der Waals surface area contributed by atoms with E-state index in [-0.39, 0.29) is 12.4 Å². The number of hydrogen-bond donors (Lipinski definition) is 2. The lowest BCUT2D eigenvalue weighted by atomic mass is 10.2. The molecular weight excluding hydrogens is 385 g/mol. The van der Waals surface area contributed by atoms with Crippen molar-refractivity contribution < 1.29 is 22.6 Å². The van der Waals surface area contributed by atoms with Gasteiger partial charge in [-0.25, -0.2) is 9.98 Å². The van der Waals surface area contributed by atoms with Gasteiger partial charge in [-0.05, 0) is 31.5 Å². The van der Waals surface area contributed by atoms with E-state index in [1.807, 2.05) is 38.1 Å². The van der Waals surface area contributed by atoms with Crippen molar-refractivity contribution in [3.05, 3.63) is 53.7 Å². The molecule has 0 atom stereocenters. The molecule has 0 spiro atoms. The number of ether oxygens (including phenoxy) is 2. The molecule has 0 bridgehead atoms. The number of halogens is 3. The van der Waals surface area contributed by atoms with Gasteiger partial charge < -0.3 is 20.1 Å². The van der Waals surface area contributed by atoms with Crippen molar-refractivity contribution in [2.24, 2.45) is 4.99 Å². The predicted molar refractivity (Wildman–Crippen MR) is 105 cm³/mol. The number of nitrogens with one attached hydrogen (secondary N) is 2. The van der Waals surface area contributed by atoms with Crippen LogP contribution in [-0.4, -0.2) is 36.9 Å². The zero-order chi connectivity index (χ0) is 21.1. The number of rotatable bonds is 9. The molecule has 2 aromatic rings. The normalized spacial score (nSPS) is 11.8. The van der Waals surface area contributed by atoms with E-state index in [2.05, 4.69) is 25.3 Å². The first kappa shape index (κ1) is 22.3. The first-order valence-electron chi connectivity index (χ1n) is 9.28. The molecule has 0 fully saturated rings. The molecule has 0 saturated carbocycles. The van der Waals surface area contributed by atoms with Crippen LogP contribution in [0.1, 0.15) is 25.0 Å². The molecule has 9 heteroatoms. The van der Waals surface area contributed by atoms with E-state index < -0.39 is 12.8 Å². The maximum atomic E-state index is 12.3. The summed E-state index contributed by atoms with van der Waals surface area (Å²) in [6, 6.07) is 10.8. The topological polar surface area (TPSA) is 67.8 Å². The molecule has 1 aromatic carbocycles. The van der Waals surface area contributed by atoms with Crippen LogP contribution in [0.25, 0.3) is 0 Å². The van der Waals surface area contributed by atoms with Gasteiger partial charge in [-0.3, -0.25) is 0 Å². The second-order valence-corrected chi connectivity index (χ2v) is 6.00. The molecule has 0 aliphatic rings. The van der Waals surface area contributed by atoms with Crippen LogP contribution in [0, 0.1) is 0 Å². The fraction of sp³-hybridized carbons (Fsp3) is 0.400. The molecule has 0 saturated heterocycles. The lowest BCUT2D eigenvalue weighted by Gasteiger charge is -2.14. The Bertz CT molecular complexity index is 797. The summed E-state index contributed by atoms with van der Waals surface area (Å²) < 4.78 is 47.1. The van der Waals surface area contributed by atoms with Crippen molar-refractivity contribution in [2.45, 2.75) is 33.1 Å². The van der Waals surface area contributed by atoms with E-state index in [4.69, 9.17) is 4.74 Å². The first-order chi connectivity index (χ1) is 13.9. The van der Waals surface area contributed by atoms with Crippen LogP contribution >= 0.6 is 0 Å². The number of para-hydroxylation sites is 1. The molecule has 0 amide bonds. The number of benzene rings is 1. The molecule has 0 aliphatic carbocycles. The fourth-order valence-electron chi connectivity index (χ4n) is 2.42. The van der Waals surface area contributed by atoms with Crippen LogP contribution in [0.15, 0.2) is 47.6 Å². The summed E-state index contributed by atoms with van der Waals surface area (Å²) in [5.74, 6) is 1.30. The van der Waals surface area contributed by atoms with Crippen LogP contribution in [0.5, 0.6) is 11.6 Å². The Balaban J connectivity index is 2.00. The lowest BCUT2D eigenvalue weighted by molar-refractivity contribution is -0.154. The molecule has 1 aromatic heterocycles. The third-order valence-corrected chi connectivity index (χ3v) is 3.67. The van der Waals surface area contributed by atoms with Crippen molar-refractivity contribution in [1.29, 1.82) is 0 Å². The van der Waals surface area contributed by atoms with Crippen molar-refractivity contribution >= 4 is 5.96 Å². The predicted octanol–water partition coefficient (Wildman–Crippen LogP) is 3.68. The van der Waals surface area contributed by atoms with Gasteiger partial charge in [0.1, 0.15) is 5.75 Å². The summed E-state index contributed by atoms with van der Waals surface area (Å²) in [5, 5.41) is 6.37. The number of aliphatic imine (C=N–C) groups is 1. The number of hydrogen-bond acceptors (Lipinski definition) is 4. The third kappa shape index (κ3) is 8.28. The van der Waals surface area contributed by atoms with Crippen LogP contribution in [-0.2, 0) is 13.1 Å². The van der Waals surface area contributed by atoms with Gasteiger partial charge in [-0.15, -0.1) is 0 Å². The van der Waals surface area contributed by atoms with E-state index in [0.717, 1.165) is 11.3 Å². The molecule has 2 rings (SSSR count). The summed E-state index contributed by atoms with van der Waals surface area (Å²) in [7, 11) is 0. The average molecular weight is 410 g/mol. The Labute approximate surface area is 168 Å². The summed E-state index contributed by atoms with van der Waals surface area (Å²) in [5.41, 5.74) is 1.68. The van der Waals surface area contributed by atoms with E-state index in [1.54, 1.807) is 6.07 Å². The van der Waals surface area contributed by atoms with Crippen molar-refractivity contribution in [2.75, 3.05) is 19.8 Å². The Kier molecular flexibility index (Phi) is 8.57. The molecule has 2 N–H and O–H groups in total. The minimum absolute atomic E-state index is 0.0846.